The number of hydrazone groups is 1. The van der Waals surface area contributed by atoms with Gasteiger partial charge in [-0.25, -0.2) is 5.43 Å². The van der Waals surface area contributed by atoms with Crippen LogP contribution >= 0.6 is 15.9 Å². The molecule has 0 aliphatic rings. The number of carbonyl (C=O) groups is 1. The van der Waals surface area contributed by atoms with Gasteiger partial charge >= 0.3 is 0 Å². The van der Waals surface area contributed by atoms with E-state index in [0.717, 1.165) is 10.0 Å². The summed E-state index contributed by atoms with van der Waals surface area (Å²) in [5, 5.41) is 3.93. The fourth-order valence-electron chi connectivity index (χ4n) is 1.86. The lowest BCUT2D eigenvalue weighted by molar-refractivity contribution is 0.0953. The van der Waals surface area contributed by atoms with Crippen LogP contribution in [-0.4, -0.2) is 26.3 Å². The third-order valence-electron chi connectivity index (χ3n) is 2.94. The van der Waals surface area contributed by atoms with Gasteiger partial charge in [0.15, 0.2) is 11.5 Å². The van der Waals surface area contributed by atoms with Crippen LogP contribution in [0, 0.1) is 6.92 Å². The zero-order chi connectivity index (χ0) is 16.1. The minimum atomic E-state index is -0.331. The van der Waals surface area contributed by atoms with E-state index < -0.39 is 0 Å². The molecule has 22 heavy (non-hydrogen) atoms. The van der Waals surface area contributed by atoms with Crippen LogP contribution in [0.5, 0.6) is 11.5 Å². The zero-order valence-corrected chi connectivity index (χ0v) is 13.9. The third-order valence-corrected chi connectivity index (χ3v) is 3.53. The van der Waals surface area contributed by atoms with Gasteiger partial charge in [-0.1, -0.05) is 0 Å². The van der Waals surface area contributed by atoms with Gasteiger partial charge in [0.25, 0.3) is 5.91 Å². The number of benzene rings is 1. The first-order chi connectivity index (χ1) is 10.6. The van der Waals surface area contributed by atoms with Crippen LogP contribution in [-0.2, 0) is 0 Å². The first-order valence-electron chi connectivity index (χ1n) is 6.35. The molecule has 0 aliphatic carbocycles. The van der Waals surface area contributed by atoms with Gasteiger partial charge in [-0.15, -0.1) is 0 Å². The number of carbonyl (C=O) groups excluding carboxylic acids is 1. The van der Waals surface area contributed by atoms with Gasteiger partial charge in [0, 0.05) is 0 Å². The SMILES string of the molecule is COc1cc(/C=N/NC(=O)c2ccoc2C)cc(Br)c1OC. The molecule has 1 amide bonds. The van der Waals surface area contributed by atoms with Crippen LogP contribution < -0.4 is 14.9 Å². The van der Waals surface area contributed by atoms with Crippen molar-refractivity contribution < 1.29 is 18.7 Å². The van der Waals surface area contributed by atoms with Crippen molar-refractivity contribution in [3.05, 3.63) is 45.8 Å². The maximum Gasteiger partial charge on any atom is 0.274 e. The van der Waals surface area contributed by atoms with E-state index in [1.807, 2.05) is 0 Å². The first kappa shape index (κ1) is 16.1. The summed E-state index contributed by atoms with van der Waals surface area (Å²) < 4.78 is 16.3. The quantitative estimate of drug-likeness (QED) is 0.651. The maximum absolute atomic E-state index is 11.9. The van der Waals surface area contributed by atoms with E-state index in [0.29, 0.717) is 22.8 Å². The van der Waals surface area contributed by atoms with Crippen molar-refractivity contribution in [3.63, 3.8) is 0 Å². The smallest absolute Gasteiger partial charge is 0.274 e. The largest absolute Gasteiger partial charge is 0.493 e. The summed E-state index contributed by atoms with van der Waals surface area (Å²) in [6, 6.07) is 5.15. The van der Waals surface area contributed by atoms with Crippen molar-refractivity contribution in [2.45, 2.75) is 6.92 Å². The average molecular weight is 367 g/mol. The Morgan fingerprint density at radius 3 is 2.73 bits per heavy atom. The van der Waals surface area contributed by atoms with Gasteiger partial charge in [0.2, 0.25) is 0 Å². The number of furan rings is 1. The minimum Gasteiger partial charge on any atom is -0.493 e. The Hall–Kier alpha value is -2.28. The molecule has 1 heterocycles. The second-order valence-corrected chi connectivity index (χ2v) is 5.18. The highest BCUT2D eigenvalue weighted by Gasteiger charge is 2.11. The number of nitrogens with zero attached hydrogens (tertiary/aromatic N) is 1. The summed E-state index contributed by atoms with van der Waals surface area (Å²) in [6.07, 6.45) is 2.97. The van der Waals surface area contributed by atoms with Gasteiger partial charge in [-0.3, -0.25) is 4.79 Å². The molecule has 7 heteroatoms. The van der Waals surface area contributed by atoms with Gasteiger partial charge in [-0.05, 0) is 46.6 Å². The summed E-state index contributed by atoms with van der Waals surface area (Å²) in [4.78, 5) is 11.9. The van der Waals surface area contributed by atoms with E-state index in [4.69, 9.17) is 13.9 Å². The van der Waals surface area contributed by atoms with Gasteiger partial charge in [0.1, 0.15) is 5.76 Å². The molecule has 1 N–H and O–H groups in total. The van der Waals surface area contributed by atoms with Crippen LogP contribution in [0.25, 0.3) is 0 Å². The molecule has 0 aliphatic heterocycles. The second-order valence-electron chi connectivity index (χ2n) is 4.33. The molecule has 2 aromatic rings. The van der Waals surface area contributed by atoms with Crippen molar-refractivity contribution >= 4 is 28.1 Å². The second kappa shape index (κ2) is 7.13. The standard InChI is InChI=1S/C15H15BrN2O4/c1-9-11(4-5-22-9)15(19)18-17-8-10-6-12(16)14(21-3)13(7-10)20-2/h4-8H,1-3H3,(H,18,19)/b17-8+. The predicted octanol–water partition coefficient (Wildman–Crippen LogP) is 3.13. The summed E-state index contributed by atoms with van der Waals surface area (Å²) in [5.74, 6) is 1.37. The van der Waals surface area contributed by atoms with Crippen LogP contribution in [0.2, 0.25) is 0 Å². The van der Waals surface area contributed by atoms with E-state index >= 15 is 0 Å². The predicted molar refractivity (Wildman–Crippen MR) is 85.8 cm³/mol. The number of aryl methyl sites for hydroxylation is 1. The zero-order valence-electron chi connectivity index (χ0n) is 12.3. The highest BCUT2D eigenvalue weighted by atomic mass is 79.9. The van der Waals surface area contributed by atoms with Crippen molar-refractivity contribution in [2.24, 2.45) is 5.10 Å². The van der Waals surface area contributed by atoms with Crippen molar-refractivity contribution in [3.8, 4) is 11.5 Å². The fourth-order valence-corrected chi connectivity index (χ4v) is 2.48. The number of amides is 1. The lowest BCUT2D eigenvalue weighted by atomic mass is 10.2. The summed E-state index contributed by atoms with van der Waals surface area (Å²) in [7, 11) is 3.11. The average Bonchev–Trinajstić information content (AvgIpc) is 2.92. The van der Waals surface area contributed by atoms with Gasteiger partial charge in [0.05, 0.1) is 36.7 Å². The van der Waals surface area contributed by atoms with Crippen LogP contribution in [0.4, 0.5) is 0 Å². The van der Waals surface area contributed by atoms with Crippen molar-refractivity contribution in [2.75, 3.05) is 14.2 Å². The number of hydrogen-bond donors (Lipinski definition) is 1. The van der Waals surface area contributed by atoms with Crippen LogP contribution in [0.1, 0.15) is 21.7 Å². The Morgan fingerprint density at radius 2 is 2.14 bits per heavy atom. The molecule has 0 atom stereocenters. The molecule has 1 aromatic heterocycles. The summed E-state index contributed by atoms with van der Waals surface area (Å²) >= 11 is 3.39. The Bertz CT molecular complexity index is 710. The molecular weight excluding hydrogens is 352 g/mol. The normalized spacial score (nSPS) is 10.7. The molecule has 0 bridgehead atoms. The summed E-state index contributed by atoms with van der Waals surface area (Å²) in [5.41, 5.74) is 3.64. The molecule has 0 radical (unpaired) electrons. The monoisotopic (exact) mass is 366 g/mol. The molecule has 0 spiro atoms. The molecule has 1 aromatic carbocycles. The molecule has 0 unspecified atom stereocenters. The van der Waals surface area contributed by atoms with E-state index in [-0.39, 0.29) is 5.91 Å². The van der Waals surface area contributed by atoms with E-state index in [9.17, 15) is 4.79 Å². The Morgan fingerprint density at radius 1 is 1.36 bits per heavy atom. The molecule has 0 saturated heterocycles. The molecule has 6 nitrogen and oxygen atoms in total. The number of hydrogen-bond acceptors (Lipinski definition) is 5. The van der Waals surface area contributed by atoms with Crippen LogP contribution in [0.3, 0.4) is 0 Å². The number of ether oxygens (including phenoxy) is 2. The van der Waals surface area contributed by atoms with E-state index in [2.05, 4.69) is 26.5 Å². The number of rotatable bonds is 5. The number of methoxy groups -OCH3 is 2. The minimum absolute atomic E-state index is 0.331. The first-order valence-corrected chi connectivity index (χ1v) is 7.15. The molecule has 0 saturated carbocycles. The van der Waals surface area contributed by atoms with Gasteiger partial charge in [-0.2, -0.15) is 5.10 Å². The number of nitrogens with one attached hydrogen (secondary N) is 1. The highest BCUT2D eigenvalue weighted by molar-refractivity contribution is 9.10. The maximum atomic E-state index is 11.9. The fraction of sp³-hybridized carbons (Fsp3) is 0.200. The topological polar surface area (TPSA) is 73.1 Å². The Balaban J connectivity index is 2.12. The molecule has 2 rings (SSSR count). The molecule has 0 fully saturated rings. The highest BCUT2D eigenvalue weighted by Crippen LogP contribution is 2.35. The lowest BCUT2D eigenvalue weighted by Gasteiger charge is -2.10. The molecule has 116 valence electrons. The molecular formula is C15H15BrN2O4. The number of halogens is 1. The third kappa shape index (κ3) is 3.48. The summed E-state index contributed by atoms with van der Waals surface area (Å²) in [6.45, 7) is 1.71. The van der Waals surface area contributed by atoms with Gasteiger partial charge < -0.3 is 13.9 Å². The Kier molecular flexibility index (Phi) is 5.21. The van der Waals surface area contributed by atoms with Crippen molar-refractivity contribution in [1.82, 2.24) is 5.43 Å². The van der Waals surface area contributed by atoms with E-state index in [1.165, 1.54) is 12.5 Å². The van der Waals surface area contributed by atoms with E-state index in [1.54, 1.807) is 39.3 Å². The lowest BCUT2D eigenvalue weighted by Crippen LogP contribution is -2.17. The Labute approximate surface area is 136 Å². The van der Waals surface area contributed by atoms with Crippen molar-refractivity contribution in [1.29, 1.82) is 0 Å². The van der Waals surface area contributed by atoms with Crippen LogP contribution in [0.15, 0.2) is 38.5 Å².